The van der Waals surface area contributed by atoms with Gasteiger partial charge in [0.25, 0.3) is 0 Å². The van der Waals surface area contributed by atoms with Gasteiger partial charge in [-0.25, -0.2) is 0 Å². The normalized spacial score (nSPS) is 15.2. The number of halogens is 1. The highest BCUT2D eigenvalue weighted by molar-refractivity contribution is 9.10. The summed E-state index contributed by atoms with van der Waals surface area (Å²) < 4.78 is 0.896. The summed E-state index contributed by atoms with van der Waals surface area (Å²) in [6, 6.07) is 6.97. The topological polar surface area (TPSA) is 57.7 Å². The Hall–Kier alpha value is -1.95. The summed E-state index contributed by atoms with van der Waals surface area (Å²) in [6.45, 7) is 3.59. The van der Waals surface area contributed by atoms with Crippen LogP contribution in [-0.2, 0) is 9.59 Å². The fourth-order valence-electron chi connectivity index (χ4n) is 2.20. The predicted octanol–water partition coefficient (Wildman–Crippen LogP) is 1.88. The molecule has 0 atom stereocenters. The quantitative estimate of drug-likeness (QED) is 0.607. The molecule has 0 radical (unpaired) electrons. The minimum absolute atomic E-state index is 0.0213. The molecule has 1 saturated heterocycles. The van der Waals surface area contributed by atoms with Crippen LogP contribution in [0.2, 0.25) is 0 Å². The van der Waals surface area contributed by atoms with Crippen LogP contribution >= 0.6 is 15.9 Å². The molecule has 6 heteroatoms. The van der Waals surface area contributed by atoms with Crippen LogP contribution < -0.4 is 0 Å². The van der Waals surface area contributed by atoms with Crippen molar-refractivity contribution in [3.8, 4) is 0 Å². The number of rotatable bonds is 3. The molecule has 0 bridgehead atoms. The molecule has 0 saturated carbocycles. The molecule has 5 nitrogen and oxygen atoms in total. The number of carbonyl (C=O) groups is 3. The molecule has 0 aliphatic carbocycles. The number of piperazine rings is 1. The highest BCUT2D eigenvalue weighted by atomic mass is 79.9. The molecule has 0 unspecified atom stereocenters. The molecule has 2 rings (SSSR count). The summed E-state index contributed by atoms with van der Waals surface area (Å²) in [4.78, 5) is 38.6. The van der Waals surface area contributed by atoms with E-state index in [1.165, 1.54) is 19.1 Å². The molecule has 1 heterocycles. The number of amides is 2. The molecule has 116 valence electrons. The first-order chi connectivity index (χ1) is 10.5. The number of ketones is 1. The van der Waals surface area contributed by atoms with Crippen molar-refractivity contribution in [1.82, 2.24) is 9.80 Å². The summed E-state index contributed by atoms with van der Waals surface area (Å²) >= 11 is 3.31. The predicted molar refractivity (Wildman–Crippen MR) is 86.4 cm³/mol. The van der Waals surface area contributed by atoms with Crippen molar-refractivity contribution in [3.05, 3.63) is 46.5 Å². The van der Waals surface area contributed by atoms with Gasteiger partial charge in [0.2, 0.25) is 11.8 Å². The second-order valence-corrected chi connectivity index (χ2v) is 5.95. The van der Waals surface area contributed by atoms with Crippen molar-refractivity contribution in [2.75, 3.05) is 26.2 Å². The lowest BCUT2D eigenvalue weighted by Crippen LogP contribution is -2.49. The van der Waals surface area contributed by atoms with E-state index < -0.39 is 0 Å². The van der Waals surface area contributed by atoms with E-state index in [2.05, 4.69) is 15.9 Å². The molecular formula is C16H17BrN2O3. The number of carbonyl (C=O) groups excluding carboxylic acids is 3. The minimum Gasteiger partial charge on any atom is -0.339 e. The zero-order valence-corrected chi connectivity index (χ0v) is 13.9. The molecular weight excluding hydrogens is 348 g/mol. The molecule has 1 aliphatic heterocycles. The Morgan fingerprint density at radius 3 is 2.05 bits per heavy atom. The average molecular weight is 365 g/mol. The van der Waals surface area contributed by atoms with Gasteiger partial charge in [0.05, 0.1) is 0 Å². The summed E-state index contributed by atoms with van der Waals surface area (Å²) in [5.41, 5.74) is 0.536. The van der Waals surface area contributed by atoms with E-state index in [0.29, 0.717) is 31.7 Å². The number of nitrogens with zero attached hydrogens (tertiary/aromatic N) is 2. The fourth-order valence-corrected chi connectivity index (χ4v) is 2.47. The molecule has 22 heavy (non-hydrogen) atoms. The summed E-state index contributed by atoms with van der Waals surface area (Å²) in [7, 11) is 0. The molecule has 1 aromatic carbocycles. The summed E-state index contributed by atoms with van der Waals surface area (Å²) in [6.07, 6.45) is 2.59. The van der Waals surface area contributed by atoms with Crippen LogP contribution in [0.1, 0.15) is 17.3 Å². The first kappa shape index (κ1) is 16.4. The van der Waals surface area contributed by atoms with Gasteiger partial charge < -0.3 is 9.80 Å². The van der Waals surface area contributed by atoms with Gasteiger partial charge in [-0.15, -0.1) is 0 Å². The summed E-state index contributed by atoms with van der Waals surface area (Å²) in [5, 5.41) is 0. The largest absolute Gasteiger partial charge is 0.339 e. The van der Waals surface area contributed by atoms with Crippen molar-refractivity contribution >= 4 is 33.5 Å². The highest BCUT2D eigenvalue weighted by Gasteiger charge is 2.20. The number of hydrogen-bond acceptors (Lipinski definition) is 3. The minimum atomic E-state index is -0.205. The second kappa shape index (κ2) is 7.35. The third-order valence-electron chi connectivity index (χ3n) is 3.54. The Labute approximate surface area is 137 Å². The Balaban J connectivity index is 1.90. The Morgan fingerprint density at radius 1 is 0.955 bits per heavy atom. The number of benzene rings is 1. The van der Waals surface area contributed by atoms with Gasteiger partial charge in [0.15, 0.2) is 5.78 Å². The van der Waals surface area contributed by atoms with Gasteiger partial charge >= 0.3 is 0 Å². The molecule has 1 aliphatic rings. The third-order valence-corrected chi connectivity index (χ3v) is 4.07. The van der Waals surface area contributed by atoms with Crippen LogP contribution in [0.3, 0.4) is 0 Å². The third kappa shape index (κ3) is 4.27. The maximum Gasteiger partial charge on any atom is 0.246 e. The first-order valence-electron chi connectivity index (χ1n) is 7.00. The van der Waals surface area contributed by atoms with Gasteiger partial charge in [-0.05, 0) is 30.3 Å². The van der Waals surface area contributed by atoms with Crippen LogP contribution in [-0.4, -0.2) is 53.6 Å². The lowest BCUT2D eigenvalue weighted by molar-refractivity contribution is -0.135. The molecule has 1 aromatic rings. The lowest BCUT2D eigenvalue weighted by atomic mass is 10.1. The standard InChI is InChI=1S/C16H17BrN2O3/c1-12(20)18-8-10-19(11-9-18)16(22)7-6-15(21)13-2-4-14(17)5-3-13/h2-7H,8-11H2,1H3/b7-6+. The maximum atomic E-state index is 12.0. The van der Waals surface area contributed by atoms with E-state index in [4.69, 9.17) is 0 Å². The van der Waals surface area contributed by atoms with Gasteiger partial charge in [0.1, 0.15) is 0 Å². The summed E-state index contributed by atoms with van der Waals surface area (Å²) in [5.74, 6) is -0.384. The SMILES string of the molecule is CC(=O)N1CCN(C(=O)/C=C/C(=O)c2ccc(Br)cc2)CC1. The fraction of sp³-hybridized carbons (Fsp3) is 0.312. The number of hydrogen-bond donors (Lipinski definition) is 0. The van der Waals surface area contributed by atoms with Gasteiger partial charge in [-0.2, -0.15) is 0 Å². The monoisotopic (exact) mass is 364 g/mol. The van der Waals surface area contributed by atoms with Crippen LogP contribution in [0.4, 0.5) is 0 Å². The van der Waals surface area contributed by atoms with Crippen LogP contribution in [0.15, 0.2) is 40.9 Å². The van der Waals surface area contributed by atoms with E-state index in [1.54, 1.807) is 34.1 Å². The van der Waals surface area contributed by atoms with Gasteiger partial charge in [-0.1, -0.05) is 15.9 Å². The molecule has 0 N–H and O–H groups in total. The molecule has 0 aromatic heterocycles. The maximum absolute atomic E-state index is 12.0. The first-order valence-corrected chi connectivity index (χ1v) is 7.79. The molecule has 2 amide bonds. The lowest BCUT2D eigenvalue weighted by Gasteiger charge is -2.33. The molecule has 1 fully saturated rings. The van der Waals surface area contributed by atoms with Crippen LogP contribution in [0.25, 0.3) is 0 Å². The second-order valence-electron chi connectivity index (χ2n) is 5.04. The van der Waals surface area contributed by atoms with Crippen molar-refractivity contribution in [1.29, 1.82) is 0 Å². The van der Waals surface area contributed by atoms with E-state index in [9.17, 15) is 14.4 Å². The van der Waals surface area contributed by atoms with Crippen molar-refractivity contribution in [2.24, 2.45) is 0 Å². The van der Waals surface area contributed by atoms with Crippen LogP contribution in [0, 0.1) is 0 Å². The van der Waals surface area contributed by atoms with Crippen molar-refractivity contribution in [2.45, 2.75) is 6.92 Å². The van der Waals surface area contributed by atoms with E-state index >= 15 is 0 Å². The van der Waals surface area contributed by atoms with E-state index in [-0.39, 0.29) is 17.6 Å². The Kier molecular flexibility index (Phi) is 5.49. The van der Waals surface area contributed by atoms with Crippen LogP contribution in [0.5, 0.6) is 0 Å². The highest BCUT2D eigenvalue weighted by Crippen LogP contribution is 2.11. The zero-order valence-electron chi connectivity index (χ0n) is 12.3. The smallest absolute Gasteiger partial charge is 0.246 e. The van der Waals surface area contributed by atoms with E-state index in [0.717, 1.165) is 4.47 Å². The van der Waals surface area contributed by atoms with Crippen molar-refractivity contribution < 1.29 is 14.4 Å². The van der Waals surface area contributed by atoms with Gasteiger partial charge in [0, 0.05) is 49.2 Å². The van der Waals surface area contributed by atoms with Gasteiger partial charge in [-0.3, -0.25) is 14.4 Å². The zero-order chi connectivity index (χ0) is 16.1. The molecule has 0 spiro atoms. The van der Waals surface area contributed by atoms with E-state index in [1.807, 2.05) is 0 Å². The van der Waals surface area contributed by atoms with Crippen molar-refractivity contribution in [3.63, 3.8) is 0 Å². The Morgan fingerprint density at radius 2 is 1.50 bits per heavy atom. The Bertz CT molecular complexity index is 602. The number of allylic oxidation sites excluding steroid dienone is 1. The average Bonchev–Trinajstić information content (AvgIpc) is 2.53.